The average Bonchev–Trinajstić information content (AvgIpc) is 2.39. The SMILES string of the molecule is CNC(CC1(OC)CCC1)c1ccc(OC)cc1. The molecule has 1 aromatic carbocycles. The number of nitrogens with one attached hydrogen (secondary N) is 1. The van der Waals surface area contributed by atoms with Crippen molar-refractivity contribution in [3.8, 4) is 5.75 Å². The maximum Gasteiger partial charge on any atom is 0.118 e. The van der Waals surface area contributed by atoms with Crippen LogP contribution >= 0.6 is 0 Å². The molecular weight excluding hydrogens is 226 g/mol. The van der Waals surface area contributed by atoms with E-state index in [2.05, 4.69) is 17.4 Å². The van der Waals surface area contributed by atoms with Gasteiger partial charge in [0, 0.05) is 13.2 Å². The molecule has 1 unspecified atom stereocenters. The first-order valence-corrected chi connectivity index (χ1v) is 6.59. The molecule has 0 spiro atoms. The summed E-state index contributed by atoms with van der Waals surface area (Å²) in [6.07, 6.45) is 4.68. The third-order valence-corrected chi connectivity index (χ3v) is 4.14. The topological polar surface area (TPSA) is 30.5 Å². The van der Waals surface area contributed by atoms with Crippen LogP contribution in [0.25, 0.3) is 0 Å². The molecule has 1 N–H and O–H groups in total. The van der Waals surface area contributed by atoms with Crippen LogP contribution in [-0.4, -0.2) is 26.9 Å². The van der Waals surface area contributed by atoms with Crippen molar-refractivity contribution >= 4 is 0 Å². The van der Waals surface area contributed by atoms with Crippen molar-refractivity contribution in [2.24, 2.45) is 0 Å². The minimum Gasteiger partial charge on any atom is -0.497 e. The highest BCUT2D eigenvalue weighted by Gasteiger charge is 2.38. The number of hydrogen-bond acceptors (Lipinski definition) is 3. The van der Waals surface area contributed by atoms with Crippen LogP contribution in [0.2, 0.25) is 0 Å². The van der Waals surface area contributed by atoms with Gasteiger partial charge in [0.2, 0.25) is 0 Å². The molecule has 0 amide bonds. The number of methoxy groups -OCH3 is 2. The highest BCUT2D eigenvalue weighted by molar-refractivity contribution is 5.29. The van der Waals surface area contributed by atoms with Gasteiger partial charge in [-0.2, -0.15) is 0 Å². The third-order valence-electron chi connectivity index (χ3n) is 4.14. The molecule has 3 heteroatoms. The largest absolute Gasteiger partial charge is 0.497 e. The Kier molecular flexibility index (Phi) is 4.25. The van der Waals surface area contributed by atoms with Crippen molar-refractivity contribution in [1.29, 1.82) is 0 Å². The highest BCUT2D eigenvalue weighted by atomic mass is 16.5. The predicted molar refractivity (Wildman–Crippen MR) is 73.0 cm³/mol. The van der Waals surface area contributed by atoms with E-state index >= 15 is 0 Å². The standard InChI is InChI=1S/C15H23NO2/c1-16-14(11-15(18-3)9-4-10-15)12-5-7-13(17-2)8-6-12/h5-8,14,16H,4,9-11H2,1-3H3. The fourth-order valence-corrected chi connectivity index (χ4v) is 2.66. The third kappa shape index (κ3) is 2.68. The summed E-state index contributed by atoms with van der Waals surface area (Å²) in [5.74, 6) is 0.902. The fraction of sp³-hybridized carbons (Fsp3) is 0.600. The Morgan fingerprint density at radius 1 is 1.22 bits per heavy atom. The molecule has 0 bridgehead atoms. The number of benzene rings is 1. The zero-order valence-corrected chi connectivity index (χ0v) is 11.5. The van der Waals surface area contributed by atoms with Gasteiger partial charge < -0.3 is 14.8 Å². The second-order valence-electron chi connectivity index (χ2n) is 5.06. The van der Waals surface area contributed by atoms with E-state index in [-0.39, 0.29) is 5.60 Å². The lowest BCUT2D eigenvalue weighted by molar-refractivity contribution is -0.0834. The van der Waals surface area contributed by atoms with E-state index < -0.39 is 0 Å². The Labute approximate surface area is 109 Å². The summed E-state index contributed by atoms with van der Waals surface area (Å²) in [6.45, 7) is 0. The predicted octanol–water partition coefficient (Wildman–Crippen LogP) is 2.91. The summed E-state index contributed by atoms with van der Waals surface area (Å²) in [5.41, 5.74) is 1.38. The molecule has 1 aliphatic rings. The maximum atomic E-state index is 5.71. The van der Waals surface area contributed by atoms with Crippen molar-refractivity contribution in [3.63, 3.8) is 0 Å². The van der Waals surface area contributed by atoms with Gasteiger partial charge in [0.05, 0.1) is 12.7 Å². The summed E-state index contributed by atoms with van der Waals surface area (Å²) in [5, 5.41) is 3.39. The lowest BCUT2D eigenvalue weighted by Gasteiger charge is -2.42. The van der Waals surface area contributed by atoms with Crippen molar-refractivity contribution < 1.29 is 9.47 Å². The zero-order valence-electron chi connectivity index (χ0n) is 11.5. The monoisotopic (exact) mass is 249 g/mol. The van der Waals surface area contributed by atoms with E-state index in [9.17, 15) is 0 Å². The number of hydrogen-bond donors (Lipinski definition) is 1. The zero-order chi connectivity index (χ0) is 13.0. The molecule has 100 valence electrons. The molecular formula is C15H23NO2. The van der Waals surface area contributed by atoms with Gasteiger partial charge in [0.1, 0.15) is 5.75 Å². The molecule has 0 radical (unpaired) electrons. The van der Waals surface area contributed by atoms with Crippen LogP contribution in [0.5, 0.6) is 5.75 Å². The van der Waals surface area contributed by atoms with Crippen LogP contribution in [0.15, 0.2) is 24.3 Å². The Bertz CT molecular complexity index is 365. The van der Waals surface area contributed by atoms with E-state index in [0.717, 1.165) is 12.2 Å². The molecule has 1 aromatic rings. The molecule has 3 nitrogen and oxygen atoms in total. The van der Waals surface area contributed by atoms with Crippen LogP contribution in [0.4, 0.5) is 0 Å². The number of ether oxygens (including phenoxy) is 2. The van der Waals surface area contributed by atoms with E-state index in [1.165, 1.54) is 24.8 Å². The maximum absolute atomic E-state index is 5.71. The Morgan fingerprint density at radius 3 is 2.28 bits per heavy atom. The minimum absolute atomic E-state index is 0.0909. The molecule has 0 saturated heterocycles. The smallest absolute Gasteiger partial charge is 0.118 e. The summed E-state index contributed by atoms with van der Waals surface area (Å²) < 4.78 is 10.9. The van der Waals surface area contributed by atoms with Gasteiger partial charge >= 0.3 is 0 Å². The molecule has 1 fully saturated rings. The van der Waals surface area contributed by atoms with Gasteiger partial charge in [0.25, 0.3) is 0 Å². The molecule has 0 heterocycles. The van der Waals surface area contributed by atoms with Crippen LogP contribution in [0.1, 0.15) is 37.3 Å². The minimum atomic E-state index is 0.0909. The van der Waals surface area contributed by atoms with E-state index in [4.69, 9.17) is 9.47 Å². The van der Waals surface area contributed by atoms with Gasteiger partial charge in [-0.25, -0.2) is 0 Å². The van der Waals surface area contributed by atoms with Gasteiger partial charge in [-0.1, -0.05) is 12.1 Å². The fourth-order valence-electron chi connectivity index (χ4n) is 2.66. The summed E-state index contributed by atoms with van der Waals surface area (Å²) >= 11 is 0. The molecule has 18 heavy (non-hydrogen) atoms. The molecule has 0 aromatic heterocycles. The van der Waals surface area contributed by atoms with Crippen molar-refractivity contribution in [2.75, 3.05) is 21.3 Å². The van der Waals surface area contributed by atoms with Gasteiger partial charge in [-0.3, -0.25) is 0 Å². The first-order chi connectivity index (χ1) is 8.73. The Hall–Kier alpha value is -1.06. The van der Waals surface area contributed by atoms with Crippen molar-refractivity contribution in [2.45, 2.75) is 37.3 Å². The lowest BCUT2D eigenvalue weighted by atomic mass is 9.74. The van der Waals surface area contributed by atoms with Gasteiger partial charge in [-0.05, 0) is 50.4 Å². The first-order valence-electron chi connectivity index (χ1n) is 6.59. The van der Waals surface area contributed by atoms with Gasteiger partial charge in [-0.15, -0.1) is 0 Å². The summed E-state index contributed by atoms with van der Waals surface area (Å²) in [6, 6.07) is 8.63. The highest BCUT2D eigenvalue weighted by Crippen LogP contribution is 2.41. The van der Waals surface area contributed by atoms with E-state index in [1.54, 1.807) is 7.11 Å². The molecule has 1 saturated carbocycles. The van der Waals surface area contributed by atoms with Gasteiger partial charge in [0.15, 0.2) is 0 Å². The molecule has 0 aliphatic heterocycles. The van der Waals surface area contributed by atoms with E-state index in [0.29, 0.717) is 6.04 Å². The van der Waals surface area contributed by atoms with Crippen LogP contribution in [0, 0.1) is 0 Å². The average molecular weight is 249 g/mol. The van der Waals surface area contributed by atoms with E-state index in [1.807, 2.05) is 26.3 Å². The summed E-state index contributed by atoms with van der Waals surface area (Å²) in [4.78, 5) is 0. The number of rotatable bonds is 6. The first kappa shape index (κ1) is 13.4. The van der Waals surface area contributed by atoms with Crippen molar-refractivity contribution in [1.82, 2.24) is 5.32 Å². The molecule has 1 atom stereocenters. The Balaban J connectivity index is 2.07. The van der Waals surface area contributed by atoms with Crippen LogP contribution in [0.3, 0.4) is 0 Å². The summed E-state index contributed by atoms with van der Waals surface area (Å²) in [7, 11) is 5.54. The lowest BCUT2D eigenvalue weighted by Crippen LogP contribution is -2.42. The van der Waals surface area contributed by atoms with Crippen LogP contribution in [-0.2, 0) is 4.74 Å². The molecule has 1 aliphatic carbocycles. The molecule has 2 rings (SSSR count). The second kappa shape index (κ2) is 5.72. The Morgan fingerprint density at radius 2 is 1.89 bits per heavy atom. The normalized spacial score (nSPS) is 19.1. The second-order valence-corrected chi connectivity index (χ2v) is 5.06. The van der Waals surface area contributed by atoms with Crippen LogP contribution < -0.4 is 10.1 Å². The van der Waals surface area contributed by atoms with Crippen molar-refractivity contribution in [3.05, 3.63) is 29.8 Å². The quantitative estimate of drug-likeness (QED) is 0.841.